The lowest BCUT2D eigenvalue weighted by Crippen LogP contribution is -2.26. The van der Waals surface area contributed by atoms with E-state index >= 15 is 0 Å². The molecule has 1 nitrogen and oxygen atoms in total. The Hall–Kier alpha value is -0.0500. The van der Waals surface area contributed by atoms with Crippen molar-refractivity contribution < 1.29 is 0 Å². The summed E-state index contributed by atoms with van der Waals surface area (Å²) in [5, 5.41) is 4.42. The Kier molecular flexibility index (Phi) is 3.97. The van der Waals surface area contributed by atoms with Crippen LogP contribution in [-0.4, -0.2) is 6.54 Å². The Morgan fingerprint density at radius 2 is 2.17 bits per heavy atom. The summed E-state index contributed by atoms with van der Waals surface area (Å²) in [4.78, 5) is 0. The van der Waals surface area contributed by atoms with Crippen LogP contribution in [0.5, 0.6) is 0 Å². The molecule has 0 spiro atoms. The molecule has 0 aliphatic heterocycles. The van der Waals surface area contributed by atoms with Crippen LogP contribution in [0.3, 0.4) is 0 Å². The fraction of sp³-hybridized carbons (Fsp3) is 0.600. The summed E-state index contributed by atoms with van der Waals surface area (Å²) in [6.45, 7) is 2.08. The second-order valence-corrected chi connectivity index (χ2v) is 7.09. The SMILES string of the molecule is Clc1ccc(Br)c(CNCC2CC3CCC2C3)c1. The highest BCUT2D eigenvalue weighted by Gasteiger charge is 2.38. The van der Waals surface area contributed by atoms with Gasteiger partial charge in [0.05, 0.1) is 0 Å². The van der Waals surface area contributed by atoms with Gasteiger partial charge in [-0.15, -0.1) is 0 Å². The number of halogens is 2. The van der Waals surface area contributed by atoms with Crippen LogP contribution in [-0.2, 0) is 6.54 Å². The molecule has 0 amide bonds. The van der Waals surface area contributed by atoms with Crippen molar-refractivity contribution >= 4 is 27.5 Å². The number of hydrogen-bond donors (Lipinski definition) is 1. The van der Waals surface area contributed by atoms with Crippen LogP contribution < -0.4 is 5.32 Å². The van der Waals surface area contributed by atoms with Crippen molar-refractivity contribution in [3.05, 3.63) is 33.3 Å². The highest BCUT2D eigenvalue weighted by atomic mass is 79.9. The lowest BCUT2D eigenvalue weighted by atomic mass is 9.89. The molecular formula is C15H19BrClN. The molecule has 1 aromatic carbocycles. The summed E-state index contributed by atoms with van der Waals surface area (Å²) in [6, 6.07) is 5.99. The zero-order valence-electron chi connectivity index (χ0n) is 10.5. The van der Waals surface area contributed by atoms with Gasteiger partial charge in [-0.2, -0.15) is 0 Å². The van der Waals surface area contributed by atoms with E-state index < -0.39 is 0 Å². The molecular weight excluding hydrogens is 310 g/mol. The molecule has 1 aromatic rings. The molecule has 3 heteroatoms. The van der Waals surface area contributed by atoms with Crippen LogP contribution in [0, 0.1) is 17.8 Å². The van der Waals surface area contributed by atoms with Gasteiger partial charge in [-0.3, -0.25) is 0 Å². The van der Waals surface area contributed by atoms with Crippen LogP contribution >= 0.6 is 27.5 Å². The molecule has 3 atom stereocenters. The van der Waals surface area contributed by atoms with Crippen molar-refractivity contribution in [2.45, 2.75) is 32.2 Å². The van der Waals surface area contributed by atoms with E-state index in [2.05, 4.69) is 21.2 Å². The van der Waals surface area contributed by atoms with Gasteiger partial charge in [0.2, 0.25) is 0 Å². The predicted molar refractivity (Wildman–Crippen MR) is 79.8 cm³/mol. The van der Waals surface area contributed by atoms with E-state index in [9.17, 15) is 0 Å². The predicted octanol–water partition coefficient (Wildman–Crippen LogP) is 4.63. The normalized spacial score (nSPS) is 30.0. The zero-order chi connectivity index (χ0) is 12.5. The molecule has 2 aliphatic carbocycles. The van der Waals surface area contributed by atoms with Crippen molar-refractivity contribution in [1.82, 2.24) is 5.32 Å². The average Bonchev–Trinajstić information content (AvgIpc) is 2.96. The summed E-state index contributed by atoms with van der Waals surface area (Å²) in [7, 11) is 0. The molecule has 0 radical (unpaired) electrons. The lowest BCUT2D eigenvalue weighted by molar-refractivity contribution is 0.318. The molecule has 0 heterocycles. The molecule has 98 valence electrons. The molecule has 2 saturated carbocycles. The highest BCUT2D eigenvalue weighted by molar-refractivity contribution is 9.10. The van der Waals surface area contributed by atoms with Gasteiger partial charge in [0.1, 0.15) is 0 Å². The fourth-order valence-corrected chi connectivity index (χ4v) is 4.28. The molecule has 2 bridgehead atoms. The summed E-state index contributed by atoms with van der Waals surface area (Å²) in [6.07, 6.45) is 5.90. The summed E-state index contributed by atoms with van der Waals surface area (Å²) >= 11 is 9.60. The maximum atomic E-state index is 6.03. The number of fused-ring (bicyclic) bond motifs is 2. The number of hydrogen-bond acceptors (Lipinski definition) is 1. The van der Waals surface area contributed by atoms with Gasteiger partial charge >= 0.3 is 0 Å². The van der Waals surface area contributed by atoms with Gasteiger partial charge in [0, 0.05) is 16.0 Å². The maximum absolute atomic E-state index is 6.03. The number of nitrogens with one attached hydrogen (secondary N) is 1. The Morgan fingerprint density at radius 1 is 1.28 bits per heavy atom. The molecule has 18 heavy (non-hydrogen) atoms. The molecule has 0 saturated heterocycles. The third-order valence-corrected chi connectivity index (χ3v) is 5.62. The van der Waals surface area contributed by atoms with Gasteiger partial charge in [-0.05, 0) is 67.3 Å². The number of rotatable bonds is 4. The van der Waals surface area contributed by atoms with E-state index in [1.54, 1.807) is 0 Å². The lowest BCUT2D eigenvalue weighted by Gasteiger charge is -2.22. The molecule has 2 fully saturated rings. The largest absolute Gasteiger partial charge is 0.312 e. The van der Waals surface area contributed by atoms with Gasteiger partial charge in [0.15, 0.2) is 0 Å². The van der Waals surface area contributed by atoms with Crippen molar-refractivity contribution in [2.75, 3.05) is 6.54 Å². The summed E-state index contributed by atoms with van der Waals surface area (Å²) in [5.41, 5.74) is 1.26. The van der Waals surface area contributed by atoms with E-state index in [-0.39, 0.29) is 0 Å². The van der Waals surface area contributed by atoms with E-state index in [1.165, 1.54) is 37.8 Å². The Bertz CT molecular complexity index is 435. The first-order valence-corrected chi connectivity index (χ1v) is 8.04. The first-order valence-electron chi connectivity index (χ1n) is 6.87. The van der Waals surface area contributed by atoms with Crippen molar-refractivity contribution in [2.24, 2.45) is 17.8 Å². The molecule has 1 N–H and O–H groups in total. The zero-order valence-corrected chi connectivity index (χ0v) is 12.8. The second-order valence-electron chi connectivity index (χ2n) is 5.80. The highest BCUT2D eigenvalue weighted by Crippen LogP contribution is 2.47. The maximum Gasteiger partial charge on any atom is 0.0410 e. The first kappa shape index (κ1) is 13.0. The van der Waals surface area contributed by atoms with E-state index in [0.29, 0.717) is 0 Å². The number of benzene rings is 1. The van der Waals surface area contributed by atoms with Crippen LogP contribution in [0.2, 0.25) is 5.02 Å². The van der Waals surface area contributed by atoms with E-state index in [1.807, 2.05) is 18.2 Å². The topological polar surface area (TPSA) is 12.0 Å². The monoisotopic (exact) mass is 327 g/mol. The Morgan fingerprint density at radius 3 is 2.89 bits per heavy atom. The quantitative estimate of drug-likeness (QED) is 0.850. The Balaban J connectivity index is 1.51. The van der Waals surface area contributed by atoms with Gasteiger partial charge in [-0.1, -0.05) is 34.0 Å². The van der Waals surface area contributed by atoms with E-state index in [4.69, 9.17) is 11.6 Å². The molecule has 3 rings (SSSR count). The minimum atomic E-state index is 0.815. The summed E-state index contributed by atoms with van der Waals surface area (Å²) < 4.78 is 1.15. The second kappa shape index (κ2) is 5.52. The van der Waals surface area contributed by atoms with Crippen molar-refractivity contribution in [1.29, 1.82) is 0 Å². The molecule has 0 aromatic heterocycles. The summed E-state index contributed by atoms with van der Waals surface area (Å²) in [5.74, 6) is 2.96. The third kappa shape index (κ3) is 2.76. The van der Waals surface area contributed by atoms with Crippen LogP contribution in [0.4, 0.5) is 0 Å². The van der Waals surface area contributed by atoms with Gasteiger partial charge < -0.3 is 5.32 Å². The minimum absolute atomic E-state index is 0.815. The average molecular weight is 329 g/mol. The van der Waals surface area contributed by atoms with Crippen molar-refractivity contribution in [3.8, 4) is 0 Å². The first-order chi connectivity index (χ1) is 8.72. The van der Waals surface area contributed by atoms with Crippen LogP contribution in [0.1, 0.15) is 31.2 Å². The smallest absolute Gasteiger partial charge is 0.0410 e. The van der Waals surface area contributed by atoms with Crippen LogP contribution in [0.25, 0.3) is 0 Å². The fourth-order valence-electron chi connectivity index (χ4n) is 3.70. The molecule has 3 unspecified atom stereocenters. The standard InChI is InChI=1S/C15H19BrClN/c16-15-4-3-14(17)7-13(15)9-18-8-12-6-10-1-2-11(12)5-10/h3-4,7,10-12,18H,1-2,5-6,8-9H2. The van der Waals surface area contributed by atoms with Gasteiger partial charge in [-0.25, -0.2) is 0 Å². The Labute approximate surface area is 122 Å². The third-order valence-electron chi connectivity index (χ3n) is 4.61. The van der Waals surface area contributed by atoms with Crippen molar-refractivity contribution in [3.63, 3.8) is 0 Å². The minimum Gasteiger partial charge on any atom is -0.312 e. The van der Waals surface area contributed by atoms with E-state index in [0.717, 1.165) is 33.8 Å². The van der Waals surface area contributed by atoms with Crippen LogP contribution in [0.15, 0.2) is 22.7 Å². The molecule has 2 aliphatic rings. The van der Waals surface area contributed by atoms with Gasteiger partial charge in [0.25, 0.3) is 0 Å².